The standard InChI is InChI=1S/C27H35N3O2/c1-20-10-8-11-21(2)26(20)32-19-18-30-24-15-7-6-14-23(24)29-25(30)16-9-17-28-27(31)22-12-4-3-5-13-22/h6-8,10-11,14-15,22H,3-5,9,12-13,16-19H2,1-2H3,(H,28,31). The highest BCUT2D eigenvalue weighted by molar-refractivity contribution is 5.78. The summed E-state index contributed by atoms with van der Waals surface area (Å²) in [7, 11) is 0. The van der Waals surface area contributed by atoms with Crippen molar-refractivity contribution in [2.75, 3.05) is 13.2 Å². The van der Waals surface area contributed by atoms with Gasteiger partial charge >= 0.3 is 0 Å². The lowest BCUT2D eigenvalue weighted by Crippen LogP contribution is -2.32. The monoisotopic (exact) mass is 433 g/mol. The normalized spacial score (nSPS) is 14.6. The van der Waals surface area contributed by atoms with Crippen molar-refractivity contribution in [3.8, 4) is 5.75 Å². The van der Waals surface area contributed by atoms with Crippen LogP contribution >= 0.6 is 0 Å². The Morgan fingerprint density at radius 3 is 2.59 bits per heavy atom. The highest BCUT2D eigenvalue weighted by Crippen LogP contribution is 2.24. The molecule has 1 aliphatic carbocycles. The van der Waals surface area contributed by atoms with Gasteiger partial charge in [0.15, 0.2) is 0 Å². The van der Waals surface area contributed by atoms with Crippen molar-refractivity contribution >= 4 is 16.9 Å². The number of nitrogens with zero attached hydrogens (tertiary/aromatic N) is 2. The molecule has 5 nitrogen and oxygen atoms in total. The number of hydrogen-bond donors (Lipinski definition) is 1. The zero-order valence-corrected chi connectivity index (χ0v) is 19.4. The van der Waals surface area contributed by atoms with Crippen LogP contribution in [0.3, 0.4) is 0 Å². The average molecular weight is 434 g/mol. The SMILES string of the molecule is Cc1cccc(C)c1OCCn1c(CCCNC(=O)C2CCCCC2)nc2ccccc21. The van der Waals surface area contributed by atoms with Gasteiger partial charge in [-0.2, -0.15) is 0 Å². The van der Waals surface area contributed by atoms with Gasteiger partial charge in [-0.1, -0.05) is 49.6 Å². The molecule has 0 bridgehead atoms. The number of amides is 1. The number of nitrogens with one attached hydrogen (secondary N) is 1. The molecule has 1 heterocycles. The molecule has 170 valence electrons. The first-order chi connectivity index (χ1) is 15.6. The molecule has 1 aliphatic rings. The van der Waals surface area contributed by atoms with Gasteiger partial charge in [-0.15, -0.1) is 0 Å². The predicted octanol–water partition coefficient (Wildman–Crippen LogP) is 5.36. The molecular weight excluding hydrogens is 398 g/mol. The molecule has 5 heteroatoms. The van der Waals surface area contributed by atoms with E-state index in [-0.39, 0.29) is 11.8 Å². The summed E-state index contributed by atoms with van der Waals surface area (Å²) in [5.41, 5.74) is 4.48. The molecule has 2 aromatic carbocycles. The molecule has 1 saturated carbocycles. The number of ether oxygens (including phenoxy) is 1. The fourth-order valence-corrected chi connectivity index (χ4v) is 4.80. The highest BCUT2D eigenvalue weighted by atomic mass is 16.5. The van der Waals surface area contributed by atoms with E-state index in [0.29, 0.717) is 13.2 Å². The zero-order chi connectivity index (χ0) is 22.3. The second-order valence-electron chi connectivity index (χ2n) is 8.97. The molecular formula is C27H35N3O2. The zero-order valence-electron chi connectivity index (χ0n) is 19.4. The molecule has 1 amide bonds. The van der Waals surface area contributed by atoms with Crippen LogP contribution in [-0.2, 0) is 17.8 Å². The van der Waals surface area contributed by atoms with E-state index in [1.165, 1.54) is 19.3 Å². The van der Waals surface area contributed by atoms with Crippen LogP contribution in [-0.4, -0.2) is 28.6 Å². The fourth-order valence-electron chi connectivity index (χ4n) is 4.80. The third kappa shape index (κ3) is 5.32. The minimum absolute atomic E-state index is 0.218. The molecule has 1 fully saturated rings. The maximum Gasteiger partial charge on any atom is 0.223 e. The van der Waals surface area contributed by atoms with E-state index in [0.717, 1.165) is 66.0 Å². The van der Waals surface area contributed by atoms with E-state index in [4.69, 9.17) is 9.72 Å². The van der Waals surface area contributed by atoms with Gasteiger partial charge in [-0.3, -0.25) is 4.79 Å². The minimum Gasteiger partial charge on any atom is -0.491 e. The maximum absolute atomic E-state index is 12.4. The summed E-state index contributed by atoms with van der Waals surface area (Å²) in [5.74, 6) is 2.49. The van der Waals surface area contributed by atoms with Crippen molar-refractivity contribution in [3.05, 3.63) is 59.4 Å². The Balaban J connectivity index is 1.36. The third-order valence-corrected chi connectivity index (χ3v) is 6.56. The lowest BCUT2D eigenvalue weighted by Gasteiger charge is -2.20. The quantitative estimate of drug-likeness (QED) is 0.462. The number of aromatic nitrogens is 2. The van der Waals surface area contributed by atoms with E-state index in [1.54, 1.807) is 0 Å². The van der Waals surface area contributed by atoms with Crippen LogP contribution in [0.4, 0.5) is 0 Å². The smallest absolute Gasteiger partial charge is 0.223 e. The summed E-state index contributed by atoms with van der Waals surface area (Å²) >= 11 is 0. The van der Waals surface area contributed by atoms with Crippen molar-refractivity contribution in [1.82, 2.24) is 14.9 Å². The van der Waals surface area contributed by atoms with Gasteiger partial charge < -0.3 is 14.6 Å². The number of carbonyl (C=O) groups excluding carboxylic acids is 1. The Morgan fingerprint density at radius 2 is 1.81 bits per heavy atom. The van der Waals surface area contributed by atoms with Crippen LogP contribution in [0, 0.1) is 19.8 Å². The molecule has 0 spiro atoms. The van der Waals surface area contributed by atoms with E-state index in [1.807, 2.05) is 6.07 Å². The van der Waals surface area contributed by atoms with Crippen LogP contribution < -0.4 is 10.1 Å². The molecule has 4 rings (SSSR count). The molecule has 3 aromatic rings. The van der Waals surface area contributed by atoms with Gasteiger partial charge in [0.1, 0.15) is 18.2 Å². The van der Waals surface area contributed by atoms with E-state index >= 15 is 0 Å². The lowest BCUT2D eigenvalue weighted by atomic mass is 9.89. The largest absolute Gasteiger partial charge is 0.491 e. The molecule has 32 heavy (non-hydrogen) atoms. The Morgan fingerprint density at radius 1 is 1.06 bits per heavy atom. The first-order valence-corrected chi connectivity index (χ1v) is 12.0. The Kier molecular flexibility index (Phi) is 7.46. The van der Waals surface area contributed by atoms with Gasteiger partial charge in [0.2, 0.25) is 5.91 Å². The van der Waals surface area contributed by atoms with Crippen LogP contribution in [0.1, 0.15) is 55.5 Å². The van der Waals surface area contributed by atoms with E-state index in [2.05, 4.69) is 60.1 Å². The molecule has 0 unspecified atom stereocenters. The Labute approximate surface area is 191 Å². The van der Waals surface area contributed by atoms with Gasteiger partial charge in [0.25, 0.3) is 0 Å². The third-order valence-electron chi connectivity index (χ3n) is 6.56. The topological polar surface area (TPSA) is 56.1 Å². The van der Waals surface area contributed by atoms with Crippen LogP contribution in [0.15, 0.2) is 42.5 Å². The average Bonchev–Trinajstić information content (AvgIpc) is 3.16. The summed E-state index contributed by atoms with van der Waals surface area (Å²) in [4.78, 5) is 17.3. The summed E-state index contributed by atoms with van der Waals surface area (Å²) in [6.07, 6.45) is 7.46. The molecule has 0 atom stereocenters. The summed E-state index contributed by atoms with van der Waals surface area (Å²) < 4.78 is 8.43. The predicted molar refractivity (Wildman–Crippen MR) is 129 cm³/mol. The van der Waals surface area contributed by atoms with E-state index < -0.39 is 0 Å². The van der Waals surface area contributed by atoms with E-state index in [9.17, 15) is 4.79 Å². The number of aryl methyl sites for hydroxylation is 3. The first kappa shape index (κ1) is 22.4. The van der Waals surface area contributed by atoms with Crippen molar-refractivity contribution in [2.24, 2.45) is 5.92 Å². The molecule has 0 aliphatic heterocycles. The maximum atomic E-state index is 12.4. The second-order valence-corrected chi connectivity index (χ2v) is 8.97. The van der Waals surface area contributed by atoms with Crippen molar-refractivity contribution in [2.45, 2.75) is 65.3 Å². The number of hydrogen-bond acceptors (Lipinski definition) is 3. The molecule has 0 saturated heterocycles. The summed E-state index contributed by atoms with van der Waals surface area (Å²) in [5, 5.41) is 3.15. The van der Waals surface area contributed by atoms with Gasteiger partial charge in [-0.05, 0) is 56.4 Å². The van der Waals surface area contributed by atoms with Crippen LogP contribution in [0.5, 0.6) is 5.75 Å². The minimum atomic E-state index is 0.218. The number of fused-ring (bicyclic) bond motifs is 1. The number of imidazole rings is 1. The van der Waals surface area contributed by atoms with Gasteiger partial charge in [-0.25, -0.2) is 4.98 Å². The number of para-hydroxylation sites is 3. The number of benzene rings is 2. The number of carbonyl (C=O) groups is 1. The Hall–Kier alpha value is -2.82. The van der Waals surface area contributed by atoms with Crippen molar-refractivity contribution in [3.63, 3.8) is 0 Å². The highest BCUT2D eigenvalue weighted by Gasteiger charge is 2.20. The molecule has 0 radical (unpaired) electrons. The summed E-state index contributed by atoms with van der Waals surface area (Å²) in [6, 6.07) is 14.5. The van der Waals surface area contributed by atoms with Crippen LogP contribution in [0.2, 0.25) is 0 Å². The van der Waals surface area contributed by atoms with Gasteiger partial charge in [0.05, 0.1) is 17.6 Å². The first-order valence-electron chi connectivity index (χ1n) is 12.0. The van der Waals surface area contributed by atoms with Crippen molar-refractivity contribution in [1.29, 1.82) is 0 Å². The molecule has 1 aromatic heterocycles. The Bertz CT molecular complexity index is 1030. The lowest BCUT2D eigenvalue weighted by molar-refractivity contribution is -0.125. The number of rotatable bonds is 9. The van der Waals surface area contributed by atoms with Crippen LogP contribution in [0.25, 0.3) is 11.0 Å². The summed E-state index contributed by atoms with van der Waals surface area (Å²) in [6.45, 7) is 6.22. The van der Waals surface area contributed by atoms with Gasteiger partial charge in [0, 0.05) is 18.9 Å². The molecule has 1 N–H and O–H groups in total. The second kappa shape index (κ2) is 10.7. The van der Waals surface area contributed by atoms with Crippen molar-refractivity contribution < 1.29 is 9.53 Å². The fraction of sp³-hybridized carbons (Fsp3) is 0.481.